The standard InChI is InChI=1S/C13H24O2Si/c1-10(2)8-9-12(11(3)4)13(14)15-16(5,6)7/h8H,9H2,1-7H3. The van der Waals surface area contributed by atoms with Crippen LogP contribution in [-0.2, 0) is 9.22 Å². The molecule has 3 heteroatoms. The van der Waals surface area contributed by atoms with Gasteiger partial charge in [0.25, 0.3) is 0 Å². The van der Waals surface area contributed by atoms with Crippen molar-refractivity contribution in [1.82, 2.24) is 0 Å². The van der Waals surface area contributed by atoms with Gasteiger partial charge >= 0.3 is 5.97 Å². The SMILES string of the molecule is CC(C)=CCC(C(=O)O[Si](C)(C)C)=C(C)C. The Hall–Kier alpha value is -0.833. The number of rotatable bonds is 4. The first-order valence-corrected chi connectivity index (χ1v) is 9.07. The van der Waals surface area contributed by atoms with Gasteiger partial charge in [0.1, 0.15) is 0 Å². The predicted molar refractivity (Wildman–Crippen MR) is 71.9 cm³/mol. The van der Waals surface area contributed by atoms with Crippen LogP contribution in [0.25, 0.3) is 0 Å². The highest BCUT2D eigenvalue weighted by molar-refractivity contribution is 6.71. The molecular weight excluding hydrogens is 216 g/mol. The minimum atomic E-state index is -1.79. The highest BCUT2D eigenvalue weighted by atomic mass is 28.4. The number of carbonyl (C=O) groups excluding carboxylic acids is 1. The Labute approximate surface area is 101 Å². The molecule has 0 bridgehead atoms. The first-order valence-electron chi connectivity index (χ1n) is 5.66. The van der Waals surface area contributed by atoms with Crippen LogP contribution in [0.4, 0.5) is 0 Å². The topological polar surface area (TPSA) is 26.3 Å². The molecule has 0 aromatic rings. The monoisotopic (exact) mass is 240 g/mol. The summed E-state index contributed by atoms with van der Waals surface area (Å²) in [5, 5.41) is 0. The molecule has 92 valence electrons. The minimum absolute atomic E-state index is 0.142. The lowest BCUT2D eigenvalue weighted by molar-refractivity contribution is -0.131. The molecule has 0 heterocycles. The average Bonchev–Trinajstić information content (AvgIpc) is 1.98. The molecule has 0 aliphatic carbocycles. The fourth-order valence-electron chi connectivity index (χ4n) is 1.14. The van der Waals surface area contributed by atoms with Gasteiger partial charge in [-0.25, -0.2) is 4.79 Å². The summed E-state index contributed by atoms with van der Waals surface area (Å²) in [5.41, 5.74) is 3.06. The van der Waals surface area contributed by atoms with Gasteiger partial charge in [0, 0.05) is 5.57 Å². The van der Waals surface area contributed by atoms with Crippen LogP contribution in [-0.4, -0.2) is 14.3 Å². The highest BCUT2D eigenvalue weighted by Gasteiger charge is 2.22. The van der Waals surface area contributed by atoms with Gasteiger partial charge in [-0.2, -0.15) is 0 Å². The lowest BCUT2D eigenvalue weighted by Gasteiger charge is -2.19. The summed E-state index contributed by atoms with van der Waals surface area (Å²) in [7, 11) is -1.79. The summed E-state index contributed by atoms with van der Waals surface area (Å²) in [6.45, 7) is 14.1. The summed E-state index contributed by atoms with van der Waals surface area (Å²) in [6, 6.07) is 0. The van der Waals surface area contributed by atoms with Crippen LogP contribution < -0.4 is 0 Å². The van der Waals surface area contributed by atoms with Crippen molar-refractivity contribution in [3.8, 4) is 0 Å². The quantitative estimate of drug-likeness (QED) is 0.421. The van der Waals surface area contributed by atoms with Crippen LogP contribution in [0.3, 0.4) is 0 Å². The normalized spacial score (nSPS) is 10.7. The number of allylic oxidation sites excluding steroid dienone is 3. The first-order chi connectivity index (χ1) is 7.13. The summed E-state index contributed by atoms with van der Waals surface area (Å²) in [5.74, 6) is -0.142. The van der Waals surface area contributed by atoms with E-state index in [4.69, 9.17) is 4.43 Å². The van der Waals surface area contributed by atoms with Crippen LogP contribution in [0.15, 0.2) is 22.8 Å². The molecule has 0 saturated carbocycles. The molecule has 0 radical (unpaired) electrons. The van der Waals surface area contributed by atoms with E-state index in [2.05, 4.69) is 6.08 Å². The van der Waals surface area contributed by atoms with Gasteiger partial charge in [-0.3, -0.25) is 0 Å². The zero-order chi connectivity index (χ0) is 12.9. The molecule has 0 rings (SSSR count). The zero-order valence-electron chi connectivity index (χ0n) is 11.6. The van der Waals surface area contributed by atoms with Gasteiger partial charge in [-0.1, -0.05) is 17.2 Å². The Bertz CT molecular complexity index is 311. The second kappa shape index (κ2) is 6.04. The molecule has 0 N–H and O–H groups in total. The molecule has 16 heavy (non-hydrogen) atoms. The van der Waals surface area contributed by atoms with E-state index in [1.165, 1.54) is 5.57 Å². The van der Waals surface area contributed by atoms with Crippen molar-refractivity contribution in [3.63, 3.8) is 0 Å². The molecule has 0 aliphatic rings. The maximum absolute atomic E-state index is 11.9. The molecule has 0 unspecified atom stereocenters. The highest BCUT2D eigenvalue weighted by Crippen LogP contribution is 2.16. The fraction of sp³-hybridized carbons (Fsp3) is 0.615. The Balaban J connectivity index is 4.78. The average molecular weight is 240 g/mol. The van der Waals surface area contributed by atoms with Crippen molar-refractivity contribution < 1.29 is 9.22 Å². The lowest BCUT2D eigenvalue weighted by Crippen LogP contribution is -2.30. The van der Waals surface area contributed by atoms with E-state index in [1.807, 2.05) is 47.3 Å². The van der Waals surface area contributed by atoms with Crippen molar-refractivity contribution in [2.75, 3.05) is 0 Å². The third kappa shape index (κ3) is 6.61. The third-order valence-electron chi connectivity index (χ3n) is 1.96. The number of hydrogen-bond donors (Lipinski definition) is 0. The molecular formula is C13H24O2Si. The summed E-state index contributed by atoms with van der Waals surface area (Å²) in [4.78, 5) is 11.9. The summed E-state index contributed by atoms with van der Waals surface area (Å²) >= 11 is 0. The van der Waals surface area contributed by atoms with Crippen molar-refractivity contribution in [2.45, 2.75) is 53.8 Å². The van der Waals surface area contributed by atoms with E-state index < -0.39 is 8.32 Å². The summed E-state index contributed by atoms with van der Waals surface area (Å²) < 4.78 is 5.51. The van der Waals surface area contributed by atoms with Crippen molar-refractivity contribution >= 4 is 14.3 Å². The van der Waals surface area contributed by atoms with Gasteiger partial charge in [-0.15, -0.1) is 0 Å². The van der Waals surface area contributed by atoms with E-state index >= 15 is 0 Å². The molecule has 0 fully saturated rings. The van der Waals surface area contributed by atoms with Crippen LogP contribution in [0.5, 0.6) is 0 Å². The van der Waals surface area contributed by atoms with Crippen LogP contribution in [0.1, 0.15) is 34.1 Å². The molecule has 0 aromatic heterocycles. The Kier molecular flexibility index (Phi) is 5.72. The molecule has 0 amide bonds. The van der Waals surface area contributed by atoms with Gasteiger partial charge in [0.15, 0.2) is 0 Å². The third-order valence-corrected chi connectivity index (χ3v) is 2.76. The van der Waals surface area contributed by atoms with E-state index in [-0.39, 0.29) is 5.97 Å². The van der Waals surface area contributed by atoms with E-state index in [0.29, 0.717) is 6.42 Å². The number of hydrogen-bond acceptors (Lipinski definition) is 2. The fourth-order valence-corrected chi connectivity index (χ4v) is 1.82. The Morgan fingerprint density at radius 1 is 1.12 bits per heavy atom. The van der Waals surface area contributed by atoms with Crippen molar-refractivity contribution in [1.29, 1.82) is 0 Å². The van der Waals surface area contributed by atoms with Crippen LogP contribution in [0, 0.1) is 0 Å². The zero-order valence-corrected chi connectivity index (χ0v) is 12.6. The first kappa shape index (κ1) is 15.2. The molecule has 0 spiro atoms. The second-order valence-electron chi connectivity index (χ2n) is 5.47. The largest absolute Gasteiger partial charge is 0.517 e. The van der Waals surface area contributed by atoms with E-state index in [9.17, 15) is 4.79 Å². The van der Waals surface area contributed by atoms with Crippen molar-refractivity contribution in [2.24, 2.45) is 0 Å². The lowest BCUT2D eigenvalue weighted by atomic mass is 10.1. The van der Waals surface area contributed by atoms with Gasteiger partial charge in [-0.05, 0) is 53.8 Å². The Morgan fingerprint density at radius 2 is 1.62 bits per heavy atom. The second-order valence-corrected chi connectivity index (χ2v) is 9.89. The van der Waals surface area contributed by atoms with E-state index in [1.54, 1.807) is 0 Å². The maximum atomic E-state index is 11.9. The Morgan fingerprint density at radius 3 is 1.94 bits per heavy atom. The maximum Gasteiger partial charge on any atom is 0.320 e. The van der Waals surface area contributed by atoms with Gasteiger partial charge in [0.2, 0.25) is 8.32 Å². The predicted octanol–water partition coefficient (Wildman–Crippen LogP) is 4.06. The number of carbonyl (C=O) groups is 1. The molecule has 0 saturated heterocycles. The summed E-state index contributed by atoms with van der Waals surface area (Å²) in [6.07, 6.45) is 2.74. The van der Waals surface area contributed by atoms with Crippen LogP contribution >= 0.6 is 0 Å². The molecule has 0 aliphatic heterocycles. The van der Waals surface area contributed by atoms with Crippen molar-refractivity contribution in [3.05, 3.63) is 22.8 Å². The molecule has 0 atom stereocenters. The van der Waals surface area contributed by atoms with Gasteiger partial charge < -0.3 is 4.43 Å². The molecule has 2 nitrogen and oxygen atoms in total. The minimum Gasteiger partial charge on any atom is -0.517 e. The van der Waals surface area contributed by atoms with Gasteiger partial charge in [0.05, 0.1) is 0 Å². The smallest absolute Gasteiger partial charge is 0.320 e. The molecule has 0 aromatic carbocycles. The van der Waals surface area contributed by atoms with E-state index in [0.717, 1.165) is 11.1 Å². The van der Waals surface area contributed by atoms with Crippen LogP contribution in [0.2, 0.25) is 19.6 Å².